The van der Waals surface area contributed by atoms with Gasteiger partial charge in [-0.1, -0.05) is 23.8 Å². The van der Waals surface area contributed by atoms with Crippen LogP contribution in [0.5, 0.6) is 0 Å². The second kappa shape index (κ2) is 7.12. The molecule has 1 aromatic carbocycles. The largest absolute Gasteiger partial charge is 0.355 e. The van der Waals surface area contributed by atoms with Gasteiger partial charge >= 0.3 is 0 Å². The summed E-state index contributed by atoms with van der Waals surface area (Å²) in [6, 6.07) is 8.18. The fraction of sp³-hybridized carbons (Fsp3) is 0.308. The Bertz CT molecular complexity index is 345. The molecule has 0 bridgehead atoms. The highest BCUT2D eigenvalue weighted by Gasteiger charge is 2.01. The molecule has 0 unspecified atom stereocenters. The van der Waals surface area contributed by atoms with E-state index in [0.717, 1.165) is 11.3 Å². The minimum Gasteiger partial charge on any atom is -0.355 e. The first-order chi connectivity index (χ1) is 7.72. The van der Waals surface area contributed by atoms with Crippen LogP contribution in [0.15, 0.2) is 41.8 Å². The van der Waals surface area contributed by atoms with Gasteiger partial charge in [-0.2, -0.15) is 0 Å². The minimum absolute atomic E-state index is 0.0763. The molecule has 0 heterocycles. The van der Waals surface area contributed by atoms with E-state index in [1.807, 2.05) is 12.1 Å². The van der Waals surface area contributed by atoms with Crippen molar-refractivity contribution in [3.63, 3.8) is 0 Å². The quantitative estimate of drug-likeness (QED) is 0.467. The van der Waals surface area contributed by atoms with E-state index >= 15 is 0 Å². The van der Waals surface area contributed by atoms with Crippen molar-refractivity contribution in [1.82, 2.24) is 5.32 Å². The second-order valence-corrected chi connectivity index (χ2v) is 4.58. The van der Waals surface area contributed by atoms with Crippen LogP contribution in [0.25, 0.3) is 0 Å². The lowest BCUT2D eigenvalue weighted by molar-refractivity contribution is -0.118. The SMILES string of the molecule is C=CCCNC(=O)CSc1ccc(C)cc1. The summed E-state index contributed by atoms with van der Waals surface area (Å²) in [5, 5.41) is 2.83. The topological polar surface area (TPSA) is 29.1 Å². The zero-order valence-electron chi connectivity index (χ0n) is 9.53. The van der Waals surface area contributed by atoms with Crippen LogP contribution in [0.1, 0.15) is 12.0 Å². The summed E-state index contributed by atoms with van der Waals surface area (Å²) in [7, 11) is 0. The highest BCUT2D eigenvalue weighted by atomic mass is 32.2. The molecule has 0 spiro atoms. The molecule has 2 nitrogen and oxygen atoms in total. The van der Waals surface area contributed by atoms with Crippen molar-refractivity contribution in [2.24, 2.45) is 0 Å². The second-order valence-electron chi connectivity index (χ2n) is 3.53. The summed E-state index contributed by atoms with van der Waals surface area (Å²) >= 11 is 1.56. The highest BCUT2D eigenvalue weighted by Crippen LogP contribution is 2.17. The number of aryl methyl sites for hydroxylation is 1. The Morgan fingerprint density at radius 3 is 2.75 bits per heavy atom. The lowest BCUT2D eigenvalue weighted by Crippen LogP contribution is -2.25. The molecule has 0 fully saturated rings. The molecule has 0 aliphatic carbocycles. The summed E-state index contributed by atoms with van der Waals surface area (Å²) in [6.45, 7) is 6.33. The van der Waals surface area contributed by atoms with Gasteiger partial charge in [0.15, 0.2) is 0 Å². The van der Waals surface area contributed by atoms with Crippen LogP contribution in [0.3, 0.4) is 0 Å². The third kappa shape index (κ3) is 5.03. The molecule has 0 radical (unpaired) electrons. The number of benzene rings is 1. The van der Waals surface area contributed by atoms with Gasteiger partial charge in [-0.05, 0) is 25.5 Å². The summed E-state index contributed by atoms with van der Waals surface area (Å²) in [5.41, 5.74) is 1.24. The van der Waals surface area contributed by atoms with E-state index in [4.69, 9.17) is 0 Å². The van der Waals surface area contributed by atoms with Gasteiger partial charge in [0.1, 0.15) is 0 Å². The predicted molar refractivity (Wildman–Crippen MR) is 69.7 cm³/mol. The van der Waals surface area contributed by atoms with Gasteiger partial charge in [-0.15, -0.1) is 18.3 Å². The summed E-state index contributed by atoms with van der Waals surface area (Å²) in [6.07, 6.45) is 2.62. The van der Waals surface area contributed by atoms with Crippen LogP contribution in [-0.2, 0) is 4.79 Å². The lowest BCUT2D eigenvalue weighted by Gasteiger charge is -2.03. The van der Waals surface area contributed by atoms with Crippen molar-refractivity contribution in [1.29, 1.82) is 0 Å². The lowest BCUT2D eigenvalue weighted by atomic mass is 10.2. The molecule has 1 N–H and O–H groups in total. The first-order valence-electron chi connectivity index (χ1n) is 5.29. The van der Waals surface area contributed by atoms with E-state index < -0.39 is 0 Å². The Balaban J connectivity index is 2.26. The molecule has 0 aliphatic heterocycles. The molecule has 1 aromatic rings. The Morgan fingerprint density at radius 2 is 2.12 bits per heavy atom. The van der Waals surface area contributed by atoms with Crippen molar-refractivity contribution < 1.29 is 4.79 Å². The Hall–Kier alpha value is -1.22. The summed E-state index contributed by atoms with van der Waals surface area (Å²) in [5.74, 6) is 0.549. The average molecular weight is 235 g/mol. The number of rotatable bonds is 6. The monoisotopic (exact) mass is 235 g/mol. The normalized spacial score (nSPS) is 9.81. The Kier molecular flexibility index (Phi) is 5.72. The van der Waals surface area contributed by atoms with Crippen molar-refractivity contribution in [2.75, 3.05) is 12.3 Å². The van der Waals surface area contributed by atoms with E-state index in [1.54, 1.807) is 17.8 Å². The fourth-order valence-corrected chi connectivity index (χ4v) is 1.88. The minimum atomic E-state index is 0.0763. The number of thioether (sulfide) groups is 1. The molecule has 1 rings (SSSR count). The molecule has 0 atom stereocenters. The average Bonchev–Trinajstić information content (AvgIpc) is 2.29. The van der Waals surface area contributed by atoms with Crippen LogP contribution in [0, 0.1) is 6.92 Å². The molecular weight excluding hydrogens is 218 g/mol. The molecule has 0 aliphatic rings. The van der Waals surface area contributed by atoms with E-state index in [0.29, 0.717) is 12.3 Å². The van der Waals surface area contributed by atoms with Crippen LogP contribution >= 0.6 is 11.8 Å². The van der Waals surface area contributed by atoms with E-state index in [1.165, 1.54) is 5.56 Å². The Morgan fingerprint density at radius 1 is 1.44 bits per heavy atom. The standard InChI is InChI=1S/C13H17NOS/c1-3-4-9-14-13(15)10-16-12-7-5-11(2)6-8-12/h3,5-8H,1,4,9-10H2,2H3,(H,14,15). The van der Waals surface area contributed by atoms with Crippen LogP contribution in [0.4, 0.5) is 0 Å². The van der Waals surface area contributed by atoms with Gasteiger partial charge < -0.3 is 5.32 Å². The zero-order chi connectivity index (χ0) is 11.8. The maximum atomic E-state index is 11.4. The zero-order valence-corrected chi connectivity index (χ0v) is 10.3. The van der Waals surface area contributed by atoms with Gasteiger partial charge in [0, 0.05) is 11.4 Å². The van der Waals surface area contributed by atoms with Gasteiger partial charge in [-0.3, -0.25) is 4.79 Å². The summed E-state index contributed by atoms with van der Waals surface area (Å²) in [4.78, 5) is 12.5. The fourth-order valence-electron chi connectivity index (χ4n) is 1.15. The Labute approximate surface area is 101 Å². The van der Waals surface area contributed by atoms with Crippen LogP contribution in [0.2, 0.25) is 0 Å². The molecule has 0 saturated heterocycles. The molecule has 0 saturated carbocycles. The molecule has 86 valence electrons. The van der Waals surface area contributed by atoms with E-state index in [-0.39, 0.29) is 5.91 Å². The molecule has 1 amide bonds. The summed E-state index contributed by atoms with van der Waals surface area (Å²) < 4.78 is 0. The van der Waals surface area contributed by atoms with Crippen LogP contribution < -0.4 is 5.32 Å². The van der Waals surface area contributed by atoms with Crippen molar-refractivity contribution in [3.05, 3.63) is 42.5 Å². The first kappa shape index (κ1) is 12.8. The maximum absolute atomic E-state index is 11.4. The number of hydrogen-bond donors (Lipinski definition) is 1. The van der Waals surface area contributed by atoms with Crippen molar-refractivity contribution >= 4 is 17.7 Å². The van der Waals surface area contributed by atoms with Gasteiger partial charge in [0.2, 0.25) is 5.91 Å². The number of amides is 1. The third-order valence-corrected chi connectivity index (χ3v) is 3.07. The number of nitrogens with one attached hydrogen (secondary N) is 1. The maximum Gasteiger partial charge on any atom is 0.230 e. The smallest absolute Gasteiger partial charge is 0.230 e. The predicted octanol–water partition coefficient (Wildman–Crippen LogP) is 2.78. The molecule has 0 aromatic heterocycles. The molecule has 16 heavy (non-hydrogen) atoms. The van der Waals surface area contributed by atoms with Gasteiger partial charge in [-0.25, -0.2) is 0 Å². The molecule has 3 heteroatoms. The van der Waals surface area contributed by atoms with Crippen LogP contribution in [-0.4, -0.2) is 18.2 Å². The van der Waals surface area contributed by atoms with E-state index in [9.17, 15) is 4.79 Å². The first-order valence-corrected chi connectivity index (χ1v) is 6.28. The van der Waals surface area contributed by atoms with Gasteiger partial charge in [0.25, 0.3) is 0 Å². The third-order valence-electron chi connectivity index (χ3n) is 2.06. The number of carbonyl (C=O) groups excluding carboxylic acids is 1. The number of carbonyl (C=O) groups is 1. The van der Waals surface area contributed by atoms with Crippen molar-refractivity contribution in [2.45, 2.75) is 18.2 Å². The van der Waals surface area contributed by atoms with Crippen molar-refractivity contribution in [3.8, 4) is 0 Å². The highest BCUT2D eigenvalue weighted by molar-refractivity contribution is 8.00. The van der Waals surface area contributed by atoms with E-state index in [2.05, 4.69) is 31.0 Å². The molecular formula is C13H17NOS. The van der Waals surface area contributed by atoms with Gasteiger partial charge in [0.05, 0.1) is 5.75 Å². The number of hydrogen-bond acceptors (Lipinski definition) is 2.